The molecule has 0 aliphatic carbocycles. The Balaban J connectivity index is 2.54. The van der Waals surface area contributed by atoms with Crippen LogP contribution >= 0.6 is 11.3 Å². The maximum absolute atomic E-state index is 12.1. The van der Waals surface area contributed by atoms with Crippen LogP contribution in [-0.2, 0) is 0 Å². The van der Waals surface area contributed by atoms with Gasteiger partial charge in [0.2, 0.25) is 0 Å². The molecule has 1 nitrogen and oxygen atoms in total. The van der Waals surface area contributed by atoms with E-state index in [-0.39, 0.29) is 5.75 Å². The van der Waals surface area contributed by atoms with Crippen molar-refractivity contribution in [3.8, 4) is 5.75 Å². The predicted molar refractivity (Wildman–Crippen MR) is 53.2 cm³/mol. The molecular weight excluding hydrogens is 225 g/mol. The van der Waals surface area contributed by atoms with Crippen LogP contribution in [-0.4, -0.2) is 6.36 Å². The summed E-state index contributed by atoms with van der Waals surface area (Å²) >= 11 is 1.29. The van der Waals surface area contributed by atoms with Gasteiger partial charge in [0.15, 0.2) is 5.75 Å². The fourth-order valence-corrected chi connectivity index (χ4v) is 2.38. The van der Waals surface area contributed by atoms with Gasteiger partial charge < -0.3 is 4.74 Å². The molecular formula is C10H7F3OS. The Kier molecular flexibility index (Phi) is 2.34. The van der Waals surface area contributed by atoms with E-state index < -0.39 is 6.36 Å². The first kappa shape index (κ1) is 10.3. The van der Waals surface area contributed by atoms with Crippen molar-refractivity contribution >= 4 is 21.4 Å². The largest absolute Gasteiger partial charge is 0.573 e. The molecule has 2 aromatic rings. The highest BCUT2D eigenvalue weighted by atomic mass is 32.1. The molecule has 0 saturated heterocycles. The number of hydrogen-bond acceptors (Lipinski definition) is 2. The minimum Gasteiger partial charge on any atom is -0.404 e. The first-order valence-electron chi connectivity index (χ1n) is 4.21. The van der Waals surface area contributed by atoms with Crippen LogP contribution in [0.2, 0.25) is 0 Å². The van der Waals surface area contributed by atoms with Crippen LogP contribution in [0.25, 0.3) is 10.1 Å². The number of benzene rings is 1. The van der Waals surface area contributed by atoms with E-state index in [1.807, 2.05) is 0 Å². The summed E-state index contributed by atoms with van der Waals surface area (Å²) in [7, 11) is 0. The van der Waals surface area contributed by atoms with E-state index >= 15 is 0 Å². The normalized spacial score (nSPS) is 12.0. The second-order valence-electron chi connectivity index (χ2n) is 3.03. The number of rotatable bonds is 1. The van der Waals surface area contributed by atoms with Crippen molar-refractivity contribution < 1.29 is 17.9 Å². The van der Waals surface area contributed by atoms with Crippen LogP contribution in [0.15, 0.2) is 24.3 Å². The number of halogens is 3. The molecule has 0 N–H and O–H groups in total. The summed E-state index contributed by atoms with van der Waals surface area (Å²) in [5.41, 5.74) is 0. The van der Waals surface area contributed by atoms with Gasteiger partial charge in [0.1, 0.15) is 0 Å². The lowest BCUT2D eigenvalue weighted by Crippen LogP contribution is -2.17. The third kappa shape index (κ3) is 2.07. The molecule has 1 aromatic carbocycles. The van der Waals surface area contributed by atoms with Gasteiger partial charge in [-0.15, -0.1) is 24.5 Å². The zero-order valence-electron chi connectivity index (χ0n) is 7.76. The molecule has 0 atom stereocenters. The summed E-state index contributed by atoms with van der Waals surface area (Å²) in [6.45, 7) is 1.62. The molecule has 0 fully saturated rings. The molecule has 2 rings (SSSR count). The van der Waals surface area contributed by atoms with Gasteiger partial charge in [0.05, 0.1) is 0 Å². The third-order valence-corrected chi connectivity index (χ3v) is 3.00. The third-order valence-electron chi connectivity index (χ3n) is 1.93. The van der Waals surface area contributed by atoms with Gasteiger partial charge in [-0.2, -0.15) is 0 Å². The zero-order valence-corrected chi connectivity index (χ0v) is 8.58. The van der Waals surface area contributed by atoms with Gasteiger partial charge in [-0.1, -0.05) is 12.1 Å². The molecule has 15 heavy (non-hydrogen) atoms. The van der Waals surface area contributed by atoms with E-state index in [4.69, 9.17) is 0 Å². The molecule has 0 spiro atoms. The summed E-state index contributed by atoms with van der Waals surface area (Å²) in [4.78, 5) is 0.536. The standard InChI is InChI=1S/C10H7F3OS/c1-6-9(14-10(11,12)13)7-4-2-3-5-8(7)15-6/h2-5H,1H3. The minimum absolute atomic E-state index is 0.0805. The summed E-state index contributed by atoms with van der Waals surface area (Å²) in [6, 6.07) is 6.88. The van der Waals surface area contributed by atoms with E-state index in [1.165, 1.54) is 11.3 Å². The summed E-state index contributed by atoms with van der Waals surface area (Å²) < 4.78 is 41.1. The monoisotopic (exact) mass is 232 g/mol. The molecule has 5 heteroatoms. The Bertz CT molecular complexity index is 487. The fraction of sp³-hybridized carbons (Fsp3) is 0.200. The first-order chi connectivity index (χ1) is 6.97. The number of hydrogen-bond donors (Lipinski definition) is 0. The topological polar surface area (TPSA) is 9.23 Å². The van der Waals surface area contributed by atoms with Gasteiger partial charge in [0, 0.05) is 15.0 Å². The Morgan fingerprint density at radius 2 is 1.87 bits per heavy atom. The van der Waals surface area contributed by atoms with Gasteiger partial charge in [0.25, 0.3) is 0 Å². The van der Waals surface area contributed by atoms with Crippen LogP contribution in [0.1, 0.15) is 4.88 Å². The summed E-state index contributed by atoms with van der Waals surface area (Å²) in [6.07, 6.45) is -4.63. The lowest BCUT2D eigenvalue weighted by atomic mass is 10.2. The molecule has 1 aromatic heterocycles. The Labute approximate surface area is 88.1 Å². The SMILES string of the molecule is Cc1sc2ccccc2c1OC(F)(F)F. The number of thiophene rings is 1. The quantitative estimate of drug-likeness (QED) is 0.719. The lowest BCUT2D eigenvalue weighted by molar-refractivity contribution is -0.274. The van der Waals surface area contributed by atoms with E-state index in [0.717, 1.165) is 4.70 Å². The first-order valence-corrected chi connectivity index (χ1v) is 5.03. The van der Waals surface area contributed by atoms with E-state index in [1.54, 1.807) is 31.2 Å². The van der Waals surface area contributed by atoms with Gasteiger partial charge >= 0.3 is 6.36 Å². The molecule has 0 unspecified atom stereocenters. The van der Waals surface area contributed by atoms with Crippen molar-refractivity contribution in [3.05, 3.63) is 29.1 Å². The lowest BCUT2D eigenvalue weighted by Gasteiger charge is -2.08. The van der Waals surface area contributed by atoms with Crippen molar-refractivity contribution in [3.63, 3.8) is 0 Å². The smallest absolute Gasteiger partial charge is 0.404 e. The number of fused-ring (bicyclic) bond motifs is 1. The highest BCUT2D eigenvalue weighted by Crippen LogP contribution is 2.39. The maximum atomic E-state index is 12.1. The van der Waals surface area contributed by atoms with Gasteiger partial charge in [-0.25, -0.2) is 0 Å². The number of alkyl halides is 3. The number of ether oxygens (including phenoxy) is 1. The molecule has 0 amide bonds. The second kappa shape index (κ2) is 3.41. The highest BCUT2D eigenvalue weighted by Gasteiger charge is 2.33. The Morgan fingerprint density at radius 3 is 2.53 bits per heavy atom. The van der Waals surface area contributed by atoms with Crippen LogP contribution < -0.4 is 4.74 Å². The molecule has 0 aliphatic rings. The van der Waals surface area contributed by atoms with Gasteiger partial charge in [-0.05, 0) is 19.1 Å². The average molecular weight is 232 g/mol. The zero-order chi connectivity index (χ0) is 11.1. The molecule has 0 saturated carbocycles. The molecule has 1 heterocycles. The maximum Gasteiger partial charge on any atom is 0.573 e. The van der Waals surface area contributed by atoms with E-state index in [2.05, 4.69) is 4.74 Å². The molecule has 0 aliphatic heterocycles. The van der Waals surface area contributed by atoms with Crippen LogP contribution in [0.3, 0.4) is 0 Å². The van der Waals surface area contributed by atoms with Crippen molar-refractivity contribution in [2.24, 2.45) is 0 Å². The van der Waals surface area contributed by atoms with Crippen molar-refractivity contribution in [2.75, 3.05) is 0 Å². The Hall–Kier alpha value is -1.23. The van der Waals surface area contributed by atoms with E-state index in [9.17, 15) is 13.2 Å². The molecule has 80 valence electrons. The predicted octanol–water partition coefficient (Wildman–Crippen LogP) is 4.11. The van der Waals surface area contributed by atoms with Gasteiger partial charge in [-0.3, -0.25) is 0 Å². The highest BCUT2D eigenvalue weighted by molar-refractivity contribution is 7.19. The van der Waals surface area contributed by atoms with E-state index in [0.29, 0.717) is 10.3 Å². The fourth-order valence-electron chi connectivity index (χ4n) is 1.39. The molecule has 0 bridgehead atoms. The summed E-state index contributed by atoms with van der Waals surface area (Å²) in [5.74, 6) is -0.0805. The molecule has 0 radical (unpaired) electrons. The average Bonchev–Trinajstić information content (AvgIpc) is 2.41. The van der Waals surface area contributed by atoms with Crippen LogP contribution in [0.5, 0.6) is 5.75 Å². The summed E-state index contributed by atoms with van der Waals surface area (Å²) in [5, 5.41) is 0.511. The van der Waals surface area contributed by atoms with Crippen LogP contribution in [0.4, 0.5) is 13.2 Å². The minimum atomic E-state index is -4.63. The van der Waals surface area contributed by atoms with Crippen molar-refractivity contribution in [2.45, 2.75) is 13.3 Å². The van der Waals surface area contributed by atoms with Crippen molar-refractivity contribution in [1.29, 1.82) is 0 Å². The number of aryl methyl sites for hydroxylation is 1. The van der Waals surface area contributed by atoms with Crippen LogP contribution in [0, 0.1) is 6.92 Å². The second-order valence-corrected chi connectivity index (χ2v) is 4.29. The Morgan fingerprint density at radius 1 is 1.20 bits per heavy atom. The van der Waals surface area contributed by atoms with Crippen molar-refractivity contribution in [1.82, 2.24) is 0 Å².